The number of benzene rings is 2. The molecule has 0 aliphatic rings. The largest absolute Gasteiger partial charge is 0.382 e. The van der Waals surface area contributed by atoms with Crippen molar-refractivity contribution in [1.29, 1.82) is 0 Å². The maximum Gasteiger partial charge on any atom is 0.220 e. The summed E-state index contributed by atoms with van der Waals surface area (Å²) in [5, 5.41) is 0.866. The average Bonchev–Trinajstić information content (AvgIpc) is 3.25. The van der Waals surface area contributed by atoms with E-state index in [2.05, 4.69) is 15.0 Å². The third-order valence-corrected chi connectivity index (χ3v) is 5.39. The first kappa shape index (κ1) is 20.1. The van der Waals surface area contributed by atoms with Crippen LogP contribution >= 0.6 is 0 Å². The van der Waals surface area contributed by atoms with Gasteiger partial charge in [0.2, 0.25) is 5.95 Å². The second kappa shape index (κ2) is 8.72. The van der Waals surface area contributed by atoms with Crippen molar-refractivity contribution in [3.8, 4) is 11.1 Å². The number of H-pyrrole nitrogens is 1. The Kier molecular flexibility index (Phi) is 5.47. The van der Waals surface area contributed by atoms with Crippen LogP contribution in [-0.4, -0.2) is 26.5 Å². The summed E-state index contributed by atoms with van der Waals surface area (Å²) in [6, 6.07) is 19.1. The molecule has 7 heteroatoms. The van der Waals surface area contributed by atoms with Gasteiger partial charge in [-0.2, -0.15) is 4.39 Å². The fourth-order valence-corrected chi connectivity index (χ4v) is 3.81. The van der Waals surface area contributed by atoms with Crippen molar-refractivity contribution in [3.05, 3.63) is 84.2 Å². The van der Waals surface area contributed by atoms with E-state index in [-0.39, 0.29) is 0 Å². The predicted octanol–water partition coefficient (Wildman–Crippen LogP) is 5.04. The van der Waals surface area contributed by atoms with E-state index >= 15 is 0 Å². The van der Waals surface area contributed by atoms with Crippen LogP contribution in [0, 0.1) is 5.95 Å². The van der Waals surface area contributed by atoms with E-state index in [1.807, 2.05) is 48.5 Å². The first-order valence-corrected chi connectivity index (χ1v) is 10.5. The number of aromatic nitrogens is 4. The fourth-order valence-electron chi connectivity index (χ4n) is 3.81. The Labute approximate surface area is 184 Å². The Balaban J connectivity index is 1.34. The number of hydrogen-bond acceptors (Lipinski definition) is 5. The lowest BCUT2D eigenvalue weighted by Gasteiger charge is -2.06. The van der Waals surface area contributed by atoms with Gasteiger partial charge in [-0.15, -0.1) is 0 Å². The zero-order valence-electron chi connectivity index (χ0n) is 17.4. The van der Waals surface area contributed by atoms with E-state index in [9.17, 15) is 4.39 Å². The van der Waals surface area contributed by atoms with Crippen LogP contribution in [-0.2, 0) is 17.8 Å². The molecule has 0 saturated heterocycles. The topological polar surface area (TPSA) is 89.7 Å². The molecular formula is C25H22FN5O. The van der Waals surface area contributed by atoms with Crippen LogP contribution in [0.25, 0.3) is 33.1 Å². The number of nitrogen functional groups attached to an aromatic ring is 1. The van der Waals surface area contributed by atoms with Crippen LogP contribution in [0.5, 0.6) is 0 Å². The summed E-state index contributed by atoms with van der Waals surface area (Å²) in [4.78, 5) is 16.3. The molecule has 3 N–H and O–H groups in total. The zero-order chi connectivity index (χ0) is 21.9. The number of aromatic amines is 1. The number of rotatable bonds is 7. The van der Waals surface area contributed by atoms with E-state index in [0.29, 0.717) is 35.7 Å². The van der Waals surface area contributed by atoms with Gasteiger partial charge in [-0.1, -0.05) is 36.4 Å². The van der Waals surface area contributed by atoms with E-state index in [4.69, 9.17) is 15.5 Å². The molecule has 5 rings (SSSR count). The highest BCUT2D eigenvalue weighted by Gasteiger charge is 2.14. The van der Waals surface area contributed by atoms with Gasteiger partial charge in [-0.3, -0.25) is 0 Å². The third kappa shape index (κ3) is 4.02. The number of imidazole rings is 1. The van der Waals surface area contributed by atoms with Crippen molar-refractivity contribution in [1.82, 2.24) is 19.9 Å². The molecule has 0 amide bonds. The van der Waals surface area contributed by atoms with Crippen LogP contribution in [0.1, 0.15) is 17.8 Å². The van der Waals surface area contributed by atoms with Crippen molar-refractivity contribution >= 4 is 27.8 Å². The molecule has 32 heavy (non-hydrogen) atoms. The number of nitrogens with one attached hydrogen (secondary N) is 1. The number of ether oxygens (including phenoxy) is 1. The minimum atomic E-state index is -0.516. The van der Waals surface area contributed by atoms with Crippen molar-refractivity contribution in [2.45, 2.75) is 19.4 Å². The van der Waals surface area contributed by atoms with Crippen LogP contribution in [0.2, 0.25) is 0 Å². The first-order chi connectivity index (χ1) is 15.7. The summed E-state index contributed by atoms with van der Waals surface area (Å²) < 4.78 is 19.9. The summed E-state index contributed by atoms with van der Waals surface area (Å²) in [6.45, 7) is 1.24. The highest BCUT2D eigenvalue weighted by Crippen LogP contribution is 2.30. The maximum atomic E-state index is 14.1. The number of fused-ring (bicyclic) bond motifs is 3. The second-order valence-corrected chi connectivity index (χ2v) is 7.62. The lowest BCUT2D eigenvalue weighted by atomic mass is 10.0. The van der Waals surface area contributed by atoms with Gasteiger partial charge in [-0.25, -0.2) is 15.0 Å². The number of nitrogens with two attached hydrogens (primary N) is 1. The number of pyridine rings is 2. The standard InChI is InChI=1S/C25H22FN5O/c26-24-18(8-4-12-28-24)17-10-11-19-20(14-17)29-25(27)23-22(19)30-21(31-23)9-5-13-32-15-16-6-2-1-3-7-16/h1-4,6-8,10-12,14H,5,9,13,15H2,(H2,27,29)(H,30,31). The molecule has 5 aromatic rings. The molecule has 160 valence electrons. The summed E-state index contributed by atoms with van der Waals surface area (Å²) in [6.07, 6.45) is 3.00. The number of nitrogens with zero attached hydrogens (tertiary/aromatic N) is 3. The highest BCUT2D eigenvalue weighted by molar-refractivity contribution is 6.07. The van der Waals surface area contributed by atoms with E-state index in [1.165, 1.54) is 6.20 Å². The fraction of sp³-hybridized carbons (Fsp3) is 0.160. The van der Waals surface area contributed by atoms with Gasteiger partial charge in [0, 0.05) is 30.2 Å². The van der Waals surface area contributed by atoms with Crippen molar-refractivity contribution in [2.75, 3.05) is 12.3 Å². The van der Waals surface area contributed by atoms with Crippen LogP contribution in [0.15, 0.2) is 66.9 Å². The molecule has 0 unspecified atom stereocenters. The van der Waals surface area contributed by atoms with Gasteiger partial charge in [0.1, 0.15) is 22.7 Å². The van der Waals surface area contributed by atoms with Crippen molar-refractivity contribution < 1.29 is 9.13 Å². The first-order valence-electron chi connectivity index (χ1n) is 10.5. The molecule has 2 aromatic carbocycles. The highest BCUT2D eigenvalue weighted by atomic mass is 19.1. The SMILES string of the molecule is Nc1nc2cc(-c3cccnc3F)ccc2c2nc(CCCOCc3ccccc3)[nH]c12. The van der Waals surface area contributed by atoms with E-state index in [1.54, 1.807) is 12.1 Å². The molecule has 0 radical (unpaired) electrons. The van der Waals surface area contributed by atoms with Crippen molar-refractivity contribution in [2.24, 2.45) is 0 Å². The summed E-state index contributed by atoms with van der Waals surface area (Å²) >= 11 is 0. The number of hydrogen-bond donors (Lipinski definition) is 2. The summed E-state index contributed by atoms with van der Waals surface area (Å²) in [5.41, 5.74) is 10.6. The minimum absolute atomic E-state index is 0.371. The quantitative estimate of drug-likeness (QED) is 0.280. The van der Waals surface area contributed by atoms with Gasteiger partial charge < -0.3 is 15.5 Å². The Bertz CT molecular complexity index is 1380. The molecule has 0 saturated carbocycles. The van der Waals surface area contributed by atoms with Crippen LogP contribution in [0.3, 0.4) is 0 Å². The lowest BCUT2D eigenvalue weighted by Crippen LogP contribution is -1.98. The molecular weight excluding hydrogens is 405 g/mol. The molecule has 0 spiro atoms. The Morgan fingerprint density at radius 2 is 1.88 bits per heavy atom. The van der Waals surface area contributed by atoms with Gasteiger partial charge in [0.15, 0.2) is 0 Å². The molecule has 6 nitrogen and oxygen atoms in total. The normalized spacial score (nSPS) is 11.4. The van der Waals surface area contributed by atoms with E-state index < -0.39 is 5.95 Å². The minimum Gasteiger partial charge on any atom is -0.382 e. The second-order valence-electron chi connectivity index (χ2n) is 7.62. The van der Waals surface area contributed by atoms with Crippen LogP contribution < -0.4 is 5.73 Å². The van der Waals surface area contributed by atoms with Crippen LogP contribution in [0.4, 0.5) is 10.2 Å². The van der Waals surface area contributed by atoms with E-state index in [0.717, 1.165) is 40.6 Å². The van der Waals surface area contributed by atoms with Gasteiger partial charge in [0.05, 0.1) is 12.1 Å². The van der Waals surface area contributed by atoms with Crippen molar-refractivity contribution in [3.63, 3.8) is 0 Å². The summed E-state index contributed by atoms with van der Waals surface area (Å²) in [7, 11) is 0. The summed E-state index contributed by atoms with van der Waals surface area (Å²) in [5.74, 6) is 0.694. The molecule has 0 bridgehead atoms. The lowest BCUT2D eigenvalue weighted by molar-refractivity contribution is 0.118. The average molecular weight is 427 g/mol. The Morgan fingerprint density at radius 3 is 2.72 bits per heavy atom. The smallest absolute Gasteiger partial charge is 0.220 e. The monoisotopic (exact) mass is 427 g/mol. The molecule has 0 fully saturated rings. The van der Waals surface area contributed by atoms with Gasteiger partial charge in [-0.05, 0) is 41.8 Å². The third-order valence-electron chi connectivity index (χ3n) is 5.39. The van der Waals surface area contributed by atoms with Gasteiger partial charge in [0.25, 0.3) is 0 Å². The predicted molar refractivity (Wildman–Crippen MR) is 123 cm³/mol. The number of aryl methyl sites for hydroxylation is 1. The Morgan fingerprint density at radius 1 is 1.00 bits per heavy atom. The molecule has 3 aromatic heterocycles. The van der Waals surface area contributed by atoms with Gasteiger partial charge >= 0.3 is 0 Å². The number of anilines is 1. The molecule has 3 heterocycles. The molecule has 0 aliphatic carbocycles. The number of halogens is 1. The maximum absolute atomic E-state index is 14.1. The zero-order valence-corrected chi connectivity index (χ0v) is 17.4. The molecule has 0 aliphatic heterocycles. The molecule has 0 atom stereocenters. The Hall–Kier alpha value is -3.84.